The topological polar surface area (TPSA) is 86.7 Å². The lowest BCUT2D eigenvalue weighted by Gasteiger charge is -2.27. The number of carbonyl (C=O) groups is 3. The molecule has 0 spiro atoms. The first-order valence-corrected chi connectivity index (χ1v) is 8.57. The minimum atomic E-state index is -0.895. The first kappa shape index (κ1) is 18.4. The van der Waals surface area contributed by atoms with Gasteiger partial charge in [0, 0.05) is 29.4 Å². The fraction of sp³-hybridized carbons (Fsp3) is 0.471. The molecule has 1 aromatic carbocycles. The number of rotatable bonds is 6. The van der Waals surface area contributed by atoms with Crippen LogP contribution in [0.3, 0.4) is 0 Å². The Balaban J connectivity index is 2.01. The molecule has 1 atom stereocenters. The average Bonchev–Trinajstić information content (AvgIpc) is 2.87. The summed E-state index contributed by atoms with van der Waals surface area (Å²) in [6.45, 7) is 3.90. The van der Waals surface area contributed by atoms with Gasteiger partial charge in [-0.1, -0.05) is 12.1 Å². The van der Waals surface area contributed by atoms with Crippen LogP contribution >= 0.6 is 15.9 Å². The lowest BCUT2D eigenvalue weighted by atomic mass is 9.96. The van der Waals surface area contributed by atoms with Crippen LogP contribution in [0.2, 0.25) is 0 Å². The van der Waals surface area contributed by atoms with Crippen LogP contribution in [0.1, 0.15) is 33.1 Å². The van der Waals surface area contributed by atoms with Gasteiger partial charge in [-0.3, -0.25) is 14.4 Å². The molecule has 1 aliphatic rings. The van der Waals surface area contributed by atoms with E-state index < -0.39 is 17.4 Å². The van der Waals surface area contributed by atoms with Gasteiger partial charge >= 0.3 is 5.97 Å². The van der Waals surface area contributed by atoms with E-state index in [-0.39, 0.29) is 24.7 Å². The van der Waals surface area contributed by atoms with Gasteiger partial charge in [-0.15, -0.1) is 0 Å². The molecule has 130 valence electrons. The van der Waals surface area contributed by atoms with Gasteiger partial charge in [-0.05, 0) is 48.3 Å². The van der Waals surface area contributed by atoms with Crippen molar-refractivity contribution in [2.45, 2.75) is 38.6 Å². The maximum absolute atomic E-state index is 12.5. The second-order valence-corrected chi connectivity index (χ2v) is 7.48. The van der Waals surface area contributed by atoms with Crippen LogP contribution in [0.4, 0.5) is 5.69 Å². The molecule has 2 rings (SSSR count). The Labute approximate surface area is 149 Å². The van der Waals surface area contributed by atoms with Gasteiger partial charge in [-0.25, -0.2) is 0 Å². The third-order valence-electron chi connectivity index (χ3n) is 4.06. The molecule has 1 aliphatic heterocycles. The fourth-order valence-electron chi connectivity index (χ4n) is 2.70. The predicted molar refractivity (Wildman–Crippen MR) is 93.7 cm³/mol. The van der Waals surface area contributed by atoms with Crippen LogP contribution < -0.4 is 10.2 Å². The number of carbonyl (C=O) groups excluding carboxylic acids is 2. The number of halogens is 1. The maximum atomic E-state index is 12.5. The third-order valence-corrected chi connectivity index (χ3v) is 4.74. The van der Waals surface area contributed by atoms with E-state index in [1.54, 1.807) is 18.7 Å². The van der Waals surface area contributed by atoms with E-state index in [0.717, 1.165) is 10.2 Å². The Kier molecular flexibility index (Phi) is 5.64. The highest BCUT2D eigenvalue weighted by molar-refractivity contribution is 9.10. The molecule has 2 N–H and O–H groups in total. The second-order valence-electron chi connectivity index (χ2n) is 6.62. The molecule has 24 heavy (non-hydrogen) atoms. The molecule has 1 saturated heterocycles. The van der Waals surface area contributed by atoms with Crippen LogP contribution in [-0.2, 0) is 14.4 Å². The van der Waals surface area contributed by atoms with E-state index >= 15 is 0 Å². The number of para-hydroxylation sites is 1. The van der Waals surface area contributed by atoms with Crippen molar-refractivity contribution < 1.29 is 19.5 Å². The van der Waals surface area contributed by atoms with Crippen molar-refractivity contribution in [2.24, 2.45) is 5.92 Å². The fourth-order valence-corrected chi connectivity index (χ4v) is 3.20. The van der Waals surface area contributed by atoms with Crippen LogP contribution in [0.5, 0.6) is 0 Å². The number of carboxylic acids is 1. The van der Waals surface area contributed by atoms with Crippen LogP contribution in [0.15, 0.2) is 28.7 Å². The molecule has 2 amide bonds. The molecular formula is C17H21BrN2O4. The van der Waals surface area contributed by atoms with Crippen molar-refractivity contribution in [3.63, 3.8) is 0 Å². The minimum Gasteiger partial charge on any atom is -0.481 e. The Hall–Kier alpha value is -1.89. The third kappa shape index (κ3) is 4.56. The highest BCUT2D eigenvalue weighted by Gasteiger charge is 2.37. The predicted octanol–water partition coefficient (Wildman–Crippen LogP) is 2.56. The lowest BCUT2D eigenvalue weighted by Crippen LogP contribution is -2.46. The summed E-state index contributed by atoms with van der Waals surface area (Å²) in [5, 5.41) is 11.6. The second kappa shape index (κ2) is 7.34. The number of amides is 2. The maximum Gasteiger partial charge on any atom is 0.303 e. The van der Waals surface area contributed by atoms with Crippen molar-refractivity contribution >= 4 is 39.4 Å². The molecule has 1 unspecified atom stereocenters. The van der Waals surface area contributed by atoms with Gasteiger partial charge in [0.25, 0.3) is 0 Å². The molecule has 0 bridgehead atoms. The Morgan fingerprint density at radius 3 is 2.67 bits per heavy atom. The van der Waals surface area contributed by atoms with Crippen LogP contribution in [-0.4, -0.2) is 35.0 Å². The number of hydrogen-bond donors (Lipinski definition) is 2. The van der Waals surface area contributed by atoms with E-state index in [0.29, 0.717) is 13.0 Å². The van der Waals surface area contributed by atoms with E-state index in [1.165, 1.54) is 0 Å². The Bertz CT molecular complexity index is 660. The smallest absolute Gasteiger partial charge is 0.303 e. The number of carboxylic acid groups (broad SMARTS) is 1. The molecule has 0 saturated carbocycles. The first-order valence-electron chi connectivity index (χ1n) is 7.78. The normalized spacial score (nSPS) is 17.9. The monoisotopic (exact) mass is 396 g/mol. The van der Waals surface area contributed by atoms with Crippen molar-refractivity contribution in [3.8, 4) is 0 Å². The largest absolute Gasteiger partial charge is 0.481 e. The highest BCUT2D eigenvalue weighted by atomic mass is 79.9. The number of hydrogen-bond acceptors (Lipinski definition) is 3. The van der Waals surface area contributed by atoms with Gasteiger partial charge in [0.05, 0.1) is 11.6 Å². The molecule has 6 nitrogen and oxygen atoms in total. The number of anilines is 1. The number of benzene rings is 1. The van der Waals surface area contributed by atoms with Crippen LogP contribution in [0, 0.1) is 5.92 Å². The first-order chi connectivity index (χ1) is 11.2. The van der Waals surface area contributed by atoms with E-state index in [1.807, 2.05) is 24.3 Å². The Morgan fingerprint density at radius 2 is 2.04 bits per heavy atom. The average molecular weight is 397 g/mol. The van der Waals surface area contributed by atoms with Gasteiger partial charge in [-0.2, -0.15) is 0 Å². The van der Waals surface area contributed by atoms with Gasteiger partial charge in [0.2, 0.25) is 11.8 Å². The minimum absolute atomic E-state index is 0.0139. The summed E-state index contributed by atoms with van der Waals surface area (Å²) >= 11 is 3.42. The van der Waals surface area contributed by atoms with Crippen molar-refractivity contribution in [3.05, 3.63) is 28.7 Å². The Morgan fingerprint density at radius 1 is 1.38 bits per heavy atom. The van der Waals surface area contributed by atoms with E-state index in [2.05, 4.69) is 21.2 Å². The summed E-state index contributed by atoms with van der Waals surface area (Å²) in [6, 6.07) is 7.39. The van der Waals surface area contributed by atoms with E-state index in [9.17, 15) is 14.4 Å². The summed E-state index contributed by atoms with van der Waals surface area (Å²) in [7, 11) is 0. The summed E-state index contributed by atoms with van der Waals surface area (Å²) in [6.07, 6.45) is 0.477. The zero-order valence-electron chi connectivity index (χ0n) is 13.7. The van der Waals surface area contributed by atoms with Gasteiger partial charge in [0.1, 0.15) is 0 Å². The standard InChI is InChI=1S/C17H21BrN2O4/c1-17(2,8-7-15(22)23)19-16(24)11-9-14(21)20(10-11)13-6-4-3-5-12(13)18/h3-6,11H,7-10H2,1-2H3,(H,19,24)(H,22,23). The van der Waals surface area contributed by atoms with Crippen molar-refractivity contribution in [1.82, 2.24) is 5.32 Å². The summed E-state index contributed by atoms with van der Waals surface area (Å²) in [5.74, 6) is -1.64. The number of nitrogens with one attached hydrogen (secondary N) is 1. The van der Waals surface area contributed by atoms with Crippen molar-refractivity contribution in [2.75, 3.05) is 11.4 Å². The summed E-state index contributed by atoms with van der Waals surface area (Å²) in [4.78, 5) is 37.0. The zero-order valence-corrected chi connectivity index (χ0v) is 15.3. The SMILES string of the molecule is CC(C)(CCC(=O)O)NC(=O)C1CC(=O)N(c2ccccc2Br)C1. The molecule has 7 heteroatoms. The molecule has 1 fully saturated rings. The molecule has 0 aliphatic carbocycles. The zero-order chi connectivity index (χ0) is 17.9. The molecule has 1 aromatic rings. The van der Waals surface area contributed by atoms with Crippen molar-refractivity contribution in [1.29, 1.82) is 0 Å². The van der Waals surface area contributed by atoms with E-state index in [4.69, 9.17) is 5.11 Å². The van der Waals surface area contributed by atoms with Crippen LogP contribution in [0.25, 0.3) is 0 Å². The van der Waals surface area contributed by atoms with Gasteiger partial charge < -0.3 is 15.3 Å². The molecule has 1 heterocycles. The lowest BCUT2D eigenvalue weighted by molar-refractivity contribution is -0.138. The highest BCUT2D eigenvalue weighted by Crippen LogP contribution is 2.31. The summed E-state index contributed by atoms with van der Waals surface area (Å²) < 4.78 is 0.807. The number of aliphatic carboxylic acids is 1. The summed E-state index contributed by atoms with van der Waals surface area (Å²) in [5.41, 5.74) is 0.127. The quantitative estimate of drug-likeness (QED) is 0.773. The molecular weight excluding hydrogens is 376 g/mol. The van der Waals surface area contributed by atoms with Gasteiger partial charge in [0.15, 0.2) is 0 Å². The number of nitrogens with zero attached hydrogens (tertiary/aromatic N) is 1. The molecule has 0 radical (unpaired) electrons. The molecule has 0 aromatic heterocycles.